The lowest BCUT2D eigenvalue weighted by Crippen LogP contribution is -2.54. The van der Waals surface area contributed by atoms with Gasteiger partial charge < -0.3 is 23.3 Å². The molecule has 1 N–H and O–H groups in total. The molecule has 0 rings (SSSR count). The fraction of sp³-hybridized carbons (Fsp3) is 0.800. The van der Waals surface area contributed by atoms with Crippen molar-refractivity contribution >= 4 is 43.1 Å². The van der Waals surface area contributed by atoms with Crippen molar-refractivity contribution in [1.29, 1.82) is 0 Å². The van der Waals surface area contributed by atoms with Crippen LogP contribution in [0.5, 0.6) is 0 Å². The summed E-state index contributed by atoms with van der Waals surface area (Å²) in [6, 6.07) is 0. The number of thiocarbonyl (C=S) groups is 1. The fourth-order valence-corrected chi connectivity index (χ4v) is 3.69. The van der Waals surface area contributed by atoms with E-state index in [2.05, 4.69) is 5.32 Å². The van der Waals surface area contributed by atoms with Gasteiger partial charge in [0.2, 0.25) is 10.3 Å². The molecule has 0 heterocycles. The molecule has 9 heteroatoms. The van der Waals surface area contributed by atoms with Crippen LogP contribution in [0.4, 0.5) is 0 Å². The lowest BCUT2D eigenvalue weighted by molar-refractivity contribution is -0.120. The van der Waals surface area contributed by atoms with Gasteiger partial charge in [0.05, 0.1) is 18.0 Å². The summed E-state index contributed by atoms with van der Waals surface area (Å²) < 4.78 is 21.1. The van der Waals surface area contributed by atoms with E-state index in [0.717, 1.165) is 0 Å². The van der Waals surface area contributed by atoms with Gasteiger partial charge in [0, 0.05) is 21.3 Å². The van der Waals surface area contributed by atoms with Gasteiger partial charge in [0.25, 0.3) is 0 Å². The molecule has 0 aromatic heterocycles. The van der Waals surface area contributed by atoms with E-state index in [1.165, 1.54) is 33.1 Å². The minimum absolute atomic E-state index is 0.171. The number of amides is 1. The van der Waals surface area contributed by atoms with Gasteiger partial charge in [-0.15, -0.1) is 0 Å². The normalized spacial score (nSPS) is 12.9. The van der Waals surface area contributed by atoms with Crippen LogP contribution in [0, 0.1) is 0 Å². The van der Waals surface area contributed by atoms with Gasteiger partial charge in [0.15, 0.2) is 0 Å². The molecule has 1 amide bonds. The molecule has 0 aromatic carbocycles. The van der Waals surface area contributed by atoms with Gasteiger partial charge in [-0.05, 0) is 26.1 Å². The minimum atomic E-state index is -2.79. The van der Waals surface area contributed by atoms with E-state index in [0.29, 0.717) is 11.0 Å². The monoisotopic (exact) mass is 327 g/mol. The van der Waals surface area contributed by atoms with Crippen LogP contribution in [-0.4, -0.2) is 58.4 Å². The number of thioether (sulfide) groups is 1. The third kappa shape index (κ3) is 6.68. The van der Waals surface area contributed by atoms with Crippen LogP contribution in [0.2, 0.25) is 0 Å². The molecule has 0 aromatic rings. The van der Waals surface area contributed by atoms with E-state index in [4.69, 9.17) is 30.2 Å². The van der Waals surface area contributed by atoms with Gasteiger partial charge in [-0.25, -0.2) is 0 Å². The Morgan fingerprint density at radius 1 is 1.32 bits per heavy atom. The molecule has 0 aliphatic heterocycles. The van der Waals surface area contributed by atoms with E-state index in [-0.39, 0.29) is 17.3 Å². The molecular weight excluding hydrogens is 306 g/mol. The van der Waals surface area contributed by atoms with Crippen molar-refractivity contribution in [3.05, 3.63) is 0 Å². The summed E-state index contributed by atoms with van der Waals surface area (Å²) in [5.41, 5.74) is 0. The average molecular weight is 328 g/mol. The fourth-order valence-electron chi connectivity index (χ4n) is 1.16. The van der Waals surface area contributed by atoms with Gasteiger partial charge in [-0.2, -0.15) is 0 Å². The van der Waals surface area contributed by atoms with Gasteiger partial charge in [-0.1, -0.05) is 11.8 Å². The van der Waals surface area contributed by atoms with Crippen LogP contribution >= 0.6 is 24.0 Å². The van der Waals surface area contributed by atoms with E-state index >= 15 is 0 Å². The predicted octanol–water partition coefficient (Wildman–Crippen LogP) is 0.963. The first-order valence-corrected chi connectivity index (χ1v) is 8.93. The number of carbonyl (C=O) groups is 1. The van der Waals surface area contributed by atoms with Gasteiger partial charge in [-0.3, -0.25) is 4.79 Å². The Morgan fingerprint density at radius 3 is 2.26 bits per heavy atom. The maximum absolute atomic E-state index is 11.9. The smallest absolute Gasteiger partial charge is 0.479 e. The Kier molecular flexibility index (Phi) is 9.57. The zero-order valence-electron chi connectivity index (χ0n) is 11.8. The molecular formula is C10H21NO5S2Si. The third-order valence-electron chi connectivity index (χ3n) is 2.32. The second-order valence-corrected chi connectivity index (χ2v) is 8.34. The molecule has 0 fully saturated rings. The van der Waals surface area contributed by atoms with Crippen molar-refractivity contribution in [2.24, 2.45) is 0 Å². The van der Waals surface area contributed by atoms with Crippen molar-refractivity contribution in [3.63, 3.8) is 0 Å². The van der Waals surface area contributed by atoms with Crippen molar-refractivity contribution in [3.8, 4) is 0 Å². The summed E-state index contributed by atoms with van der Waals surface area (Å²) in [6.07, 6.45) is 0.210. The van der Waals surface area contributed by atoms with E-state index < -0.39 is 8.80 Å². The van der Waals surface area contributed by atoms with Crippen LogP contribution in [0.3, 0.4) is 0 Å². The number of rotatable bonds is 8. The molecule has 112 valence electrons. The Morgan fingerprint density at radius 2 is 1.84 bits per heavy atom. The van der Waals surface area contributed by atoms with Gasteiger partial charge >= 0.3 is 8.80 Å². The topological polar surface area (TPSA) is 66.0 Å². The largest absolute Gasteiger partial charge is 0.520 e. The van der Waals surface area contributed by atoms with Crippen LogP contribution in [0.15, 0.2) is 0 Å². The lowest BCUT2D eigenvalue weighted by atomic mass is 10.4. The highest BCUT2D eigenvalue weighted by Crippen LogP contribution is 2.14. The average Bonchev–Trinajstić information content (AvgIpc) is 2.40. The van der Waals surface area contributed by atoms with Crippen LogP contribution in [-0.2, 0) is 22.8 Å². The molecule has 0 bridgehead atoms. The zero-order chi connectivity index (χ0) is 14.9. The van der Waals surface area contributed by atoms with Crippen LogP contribution in [0.1, 0.15) is 13.8 Å². The first-order valence-electron chi connectivity index (χ1n) is 5.71. The predicted molar refractivity (Wildman–Crippen MR) is 81.1 cm³/mol. The van der Waals surface area contributed by atoms with Crippen LogP contribution in [0.25, 0.3) is 0 Å². The molecule has 0 radical (unpaired) electrons. The Balaban J connectivity index is 4.26. The molecule has 0 saturated carbocycles. The SMILES string of the molecule is CCOC(=S)SC(C)C(=O)NC[Si](OC)(OC)OC. The number of hydrogen-bond donors (Lipinski definition) is 1. The molecule has 0 aliphatic carbocycles. The molecule has 6 nitrogen and oxygen atoms in total. The second kappa shape index (κ2) is 9.67. The highest BCUT2D eigenvalue weighted by molar-refractivity contribution is 8.23. The summed E-state index contributed by atoms with van der Waals surface area (Å²) in [4.78, 5) is 11.9. The maximum Gasteiger partial charge on any atom is 0.520 e. The first-order chi connectivity index (χ1) is 8.94. The molecule has 1 unspecified atom stereocenters. The Bertz CT molecular complexity index is 293. The Hall–Kier alpha value is -0.193. The quantitative estimate of drug-likeness (QED) is 0.526. The standard InChI is InChI=1S/C10H21NO5S2Si/c1-6-16-10(17)18-8(2)9(12)11-7-19(13-3,14-4)15-5/h8H,6-7H2,1-5H3,(H,11,12). The highest BCUT2D eigenvalue weighted by atomic mass is 32.2. The molecule has 1 atom stereocenters. The zero-order valence-corrected chi connectivity index (χ0v) is 14.5. The number of nitrogens with one attached hydrogen (secondary N) is 1. The maximum atomic E-state index is 11.9. The van der Waals surface area contributed by atoms with E-state index in [1.807, 2.05) is 6.92 Å². The van der Waals surface area contributed by atoms with Crippen molar-refractivity contribution in [2.75, 3.05) is 34.1 Å². The second-order valence-electron chi connectivity index (χ2n) is 3.46. The molecule has 0 saturated heterocycles. The van der Waals surface area contributed by atoms with Crippen molar-refractivity contribution < 1.29 is 22.8 Å². The van der Waals surface area contributed by atoms with E-state index in [1.54, 1.807) is 6.92 Å². The number of carbonyl (C=O) groups excluding carboxylic acids is 1. The Labute approximate surface area is 124 Å². The van der Waals surface area contributed by atoms with Crippen LogP contribution < -0.4 is 5.32 Å². The number of ether oxygens (including phenoxy) is 1. The summed E-state index contributed by atoms with van der Waals surface area (Å²) in [5.74, 6) is -0.171. The van der Waals surface area contributed by atoms with Crippen molar-refractivity contribution in [1.82, 2.24) is 5.32 Å². The summed E-state index contributed by atoms with van der Waals surface area (Å²) >= 11 is 6.17. The summed E-state index contributed by atoms with van der Waals surface area (Å²) in [5, 5.41) is 2.38. The first kappa shape index (κ1) is 18.8. The molecule has 0 aliphatic rings. The minimum Gasteiger partial charge on any atom is -0.479 e. The number of hydrogen-bond acceptors (Lipinski definition) is 7. The van der Waals surface area contributed by atoms with E-state index in [9.17, 15) is 4.79 Å². The van der Waals surface area contributed by atoms with Gasteiger partial charge in [0.1, 0.15) is 0 Å². The summed E-state index contributed by atoms with van der Waals surface area (Å²) in [7, 11) is 1.69. The van der Waals surface area contributed by atoms with Crippen molar-refractivity contribution in [2.45, 2.75) is 19.1 Å². The highest BCUT2D eigenvalue weighted by Gasteiger charge is 2.38. The lowest BCUT2D eigenvalue weighted by Gasteiger charge is -2.25. The third-order valence-corrected chi connectivity index (χ3v) is 6.08. The molecule has 0 spiro atoms. The summed E-state index contributed by atoms with van der Waals surface area (Å²) in [6.45, 7) is 4.08. The molecule has 19 heavy (non-hydrogen) atoms.